The summed E-state index contributed by atoms with van der Waals surface area (Å²) in [7, 11) is 0. The fourth-order valence-corrected chi connectivity index (χ4v) is 2.34. The van der Waals surface area contributed by atoms with Gasteiger partial charge in [-0.05, 0) is 44.0 Å². The summed E-state index contributed by atoms with van der Waals surface area (Å²) >= 11 is 6.08. The number of amides is 2. The van der Waals surface area contributed by atoms with Crippen molar-refractivity contribution in [3.63, 3.8) is 0 Å². The molecule has 0 atom stereocenters. The number of carbonyl (C=O) groups excluding carboxylic acids is 2. The molecule has 4 nitrogen and oxygen atoms in total. The Morgan fingerprint density at radius 1 is 1.00 bits per heavy atom. The van der Waals surface area contributed by atoms with Crippen LogP contribution in [0.1, 0.15) is 25.0 Å². The lowest BCUT2D eigenvalue weighted by Gasteiger charge is -2.23. The van der Waals surface area contributed by atoms with Crippen LogP contribution in [0.15, 0.2) is 48.5 Å². The number of benzene rings is 2. The molecule has 0 aliphatic rings. The number of nitrogens with one attached hydrogen (secondary N) is 2. The molecule has 2 aromatic carbocycles. The second kappa shape index (κ2) is 7.49. The van der Waals surface area contributed by atoms with Crippen molar-refractivity contribution in [2.75, 3.05) is 5.32 Å². The van der Waals surface area contributed by atoms with E-state index < -0.39 is 5.41 Å². The molecule has 2 aromatic rings. The molecule has 0 bridgehead atoms. The Morgan fingerprint density at radius 2 is 1.62 bits per heavy atom. The van der Waals surface area contributed by atoms with E-state index in [4.69, 9.17) is 11.6 Å². The number of hydrogen-bond acceptors (Lipinski definition) is 2. The minimum atomic E-state index is -1.20. The monoisotopic (exact) mass is 344 g/mol. The summed E-state index contributed by atoms with van der Waals surface area (Å²) in [6.07, 6.45) is 0. The van der Waals surface area contributed by atoms with Gasteiger partial charge in [-0.3, -0.25) is 9.59 Å². The molecular formula is C19H21ClN2O2. The zero-order valence-electron chi connectivity index (χ0n) is 14.0. The van der Waals surface area contributed by atoms with Gasteiger partial charge in [0.1, 0.15) is 5.41 Å². The number of hydrogen-bond donors (Lipinski definition) is 2. The highest BCUT2D eigenvalue weighted by molar-refractivity contribution is 6.31. The van der Waals surface area contributed by atoms with Crippen molar-refractivity contribution in [1.82, 2.24) is 5.32 Å². The largest absolute Gasteiger partial charge is 0.351 e. The van der Waals surface area contributed by atoms with Crippen molar-refractivity contribution < 1.29 is 9.59 Å². The highest BCUT2D eigenvalue weighted by Gasteiger charge is 2.36. The number of rotatable bonds is 5. The summed E-state index contributed by atoms with van der Waals surface area (Å²) < 4.78 is 0. The lowest BCUT2D eigenvalue weighted by atomic mass is 9.90. The van der Waals surface area contributed by atoms with E-state index in [-0.39, 0.29) is 18.4 Å². The second-order valence-electron chi connectivity index (χ2n) is 6.17. The number of carbonyl (C=O) groups is 2. The van der Waals surface area contributed by atoms with E-state index in [1.807, 2.05) is 49.4 Å². The molecular weight excluding hydrogens is 324 g/mol. The highest BCUT2D eigenvalue weighted by Crippen LogP contribution is 2.22. The SMILES string of the molecule is Cc1ccccc1NC(=O)C(C)(C)C(=O)NCc1ccccc1Cl. The summed E-state index contributed by atoms with van der Waals surface area (Å²) in [5.74, 6) is -0.707. The first-order valence-electron chi connectivity index (χ1n) is 7.71. The van der Waals surface area contributed by atoms with Gasteiger partial charge in [-0.25, -0.2) is 0 Å². The lowest BCUT2D eigenvalue weighted by Crippen LogP contribution is -2.45. The molecule has 0 aromatic heterocycles. The summed E-state index contributed by atoms with van der Waals surface area (Å²) in [5.41, 5.74) is 1.25. The van der Waals surface area contributed by atoms with E-state index in [1.54, 1.807) is 19.9 Å². The molecule has 5 heteroatoms. The summed E-state index contributed by atoms with van der Waals surface area (Å²) in [4.78, 5) is 25.0. The van der Waals surface area contributed by atoms with E-state index in [2.05, 4.69) is 10.6 Å². The third-order valence-corrected chi connectivity index (χ3v) is 4.29. The predicted molar refractivity (Wildman–Crippen MR) is 96.9 cm³/mol. The fourth-order valence-electron chi connectivity index (χ4n) is 2.13. The van der Waals surface area contributed by atoms with E-state index in [0.29, 0.717) is 10.7 Å². The summed E-state index contributed by atoms with van der Waals surface area (Å²) in [6.45, 7) is 5.38. The van der Waals surface area contributed by atoms with Gasteiger partial charge in [0, 0.05) is 17.3 Å². The molecule has 2 amide bonds. The standard InChI is InChI=1S/C19H21ClN2O2/c1-13-8-4-7-11-16(13)22-18(24)19(2,3)17(23)21-12-14-9-5-6-10-15(14)20/h4-11H,12H2,1-3H3,(H,21,23)(H,22,24). The topological polar surface area (TPSA) is 58.2 Å². The van der Waals surface area contributed by atoms with E-state index in [1.165, 1.54) is 0 Å². The van der Waals surface area contributed by atoms with Gasteiger partial charge in [0.2, 0.25) is 11.8 Å². The van der Waals surface area contributed by atoms with Crippen LogP contribution in [0.3, 0.4) is 0 Å². The van der Waals surface area contributed by atoms with Gasteiger partial charge in [0.05, 0.1) is 0 Å². The van der Waals surface area contributed by atoms with Crippen molar-refractivity contribution in [1.29, 1.82) is 0 Å². The summed E-state index contributed by atoms with van der Waals surface area (Å²) in [6, 6.07) is 14.7. The number of halogens is 1. The van der Waals surface area contributed by atoms with E-state index in [9.17, 15) is 9.59 Å². The van der Waals surface area contributed by atoms with Gasteiger partial charge in [-0.2, -0.15) is 0 Å². The van der Waals surface area contributed by atoms with Crippen molar-refractivity contribution in [3.05, 3.63) is 64.7 Å². The van der Waals surface area contributed by atoms with Crippen LogP contribution in [0.25, 0.3) is 0 Å². The molecule has 0 saturated carbocycles. The van der Waals surface area contributed by atoms with Crippen molar-refractivity contribution in [2.24, 2.45) is 5.41 Å². The maximum absolute atomic E-state index is 12.5. The van der Waals surface area contributed by atoms with E-state index in [0.717, 1.165) is 11.1 Å². The number of aryl methyl sites for hydroxylation is 1. The quantitative estimate of drug-likeness (QED) is 0.807. The van der Waals surface area contributed by atoms with Crippen LogP contribution in [0, 0.1) is 12.3 Å². The first-order chi connectivity index (χ1) is 11.3. The molecule has 126 valence electrons. The number of para-hydroxylation sites is 1. The van der Waals surface area contributed by atoms with Crippen LogP contribution in [0.5, 0.6) is 0 Å². The number of anilines is 1. The Labute approximate surface area is 147 Å². The first kappa shape index (κ1) is 18.0. The normalized spacial score (nSPS) is 11.0. The smallest absolute Gasteiger partial charge is 0.239 e. The molecule has 0 radical (unpaired) electrons. The predicted octanol–water partition coefficient (Wildman–Crippen LogP) is 3.93. The Bertz CT molecular complexity index is 757. The third-order valence-electron chi connectivity index (χ3n) is 3.93. The van der Waals surface area contributed by atoms with Crippen molar-refractivity contribution >= 4 is 29.1 Å². The van der Waals surface area contributed by atoms with Gasteiger partial charge in [0.15, 0.2) is 0 Å². The van der Waals surface area contributed by atoms with Crippen LogP contribution < -0.4 is 10.6 Å². The molecule has 0 aliphatic heterocycles. The van der Waals surface area contributed by atoms with E-state index >= 15 is 0 Å². The molecule has 0 spiro atoms. The van der Waals surface area contributed by atoms with Crippen LogP contribution >= 0.6 is 11.6 Å². The fraction of sp³-hybridized carbons (Fsp3) is 0.263. The Kier molecular flexibility index (Phi) is 5.62. The zero-order chi connectivity index (χ0) is 17.7. The molecule has 2 rings (SSSR count). The molecule has 0 fully saturated rings. The Balaban J connectivity index is 2.03. The average molecular weight is 345 g/mol. The molecule has 0 saturated heterocycles. The molecule has 0 heterocycles. The Hall–Kier alpha value is -2.33. The minimum absolute atomic E-state index is 0.277. The molecule has 0 unspecified atom stereocenters. The van der Waals surface area contributed by atoms with Crippen molar-refractivity contribution in [3.8, 4) is 0 Å². The lowest BCUT2D eigenvalue weighted by molar-refractivity contribution is -0.138. The summed E-state index contributed by atoms with van der Waals surface area (Å²) in [5, 5.41) is 6.18. The maximum Gasteiger partial charge on any atom is 0.239 e. The first-order valence-corrected chi connectivity index (χ1v) is 8.09. The van der Waals surface area contributed by atoms with Crippen LogP contribution in [-0.4, -0.2) is 11.8 Å². The van der Waals surface area contributed by atoms with Crippen LogP contribution in [0.2, 0.25) is 5.02 Å². The van der Waals surface area contributed by atoms with Gasteiger partial charge in [0.25, 0.3) is 0 Å². The second-order valence-corrected chi connectivity index (χ2v) is 6.58. The minimum Gasteiger partial charge on any atom is -0.351 e. The van der Waals surface area contributed by atoms with Gasteiger partial charge < -0.3 is 10.6 Å². The van der Waals surface area contributed by atoms with Gasteiger partial charge in [-0.15, -0.1) is 0 Å². The highest BCUT2D eigenvalue weighted by atomic mass is 35.5. The zero-order valence-corrected chi connectivity index (χ0v) is 14.8. The van der Waals surface area contributed by atoms with Gasteiger partial charge in [-0.1, -0.05) is 48.0 Å². The third kappa shape index (κ3) is 4.15. The van der Waals surface area contributed by atoms with Crippen molar-refractivity contribution in [2.45, 2.75) is 27.3 Å². The maximum atomic E-state index is 12.5. The molecule has 2 N–H and O–H groups in total. The molecule has 0 aliphatic carbocycles. The average Bonchev–Trinajstić information content (AvgIpc) is 2.55. The Morgan fingerprint density at radius 3 is 2.29 bits per heavy atom. The van der Waals surface area contributed by atoms with Crippen LogP contribution in [-0.2, 0) is 16.1 Å². The van der Waals surface area contributed by atoms with Crippen LogP contribution in [0.4, 0.5) is 5.69 Å². The molecule has 24 heavy (non-hydrogen) atoms. The van der Waals surface area contributed by atoms with Gasteiger partial charge >= 0.3 is 0 Å².